The van der Waals surface area contributed by atoms with Crippen molar-refractivity contribution in [1.29, 1.82) is 0 Å². The summed E-state index contributed by atoms with van der Waals surface area (Å²) in [4.78, 5) is 2.46. The van der Waals surface area contributed by atoms with E-state index in [0.29, 0.717) is 0 Å². The molecule has 0 aliphatic rings. The summed E-state index contributed by atoms with van der Waals surface area (Å²) in [6.45, 7) is 7.74. The van der Waals surface area contributed by atoms with Crippen molar-refractivity contribution in [3.63, 3.8) is 0 Å². The van der Waals surface area contributed by atoms with Crippen LogP contribution in [0.4, 0.5) is 5.69 Å². The summed E-state index contributed by atoms with van der Waals surface area (Å²) < 4.78 is 0. The van der Waals surface area contributed by atoms with Crippen LogP contribution in [0.25, 0.3) is 0 Å². The molecule has 15 heavy (non-hydrogen) atoms. The average molecular weight is 206 g/mol. The second kappa shape index (κ2) is 6.46. The number of benzene rings is 1. The van der Waals surface area contributed by atoms with Crippen molar-refractivity contribution < 1.29 is 0 Å². The van der Waals surface area contributed by atoms with E-state index in [1.54, 1.807) is 0 Å². The molecule has 0 saturated carbocycles. The Bertz CT molecular complexity index is 284. The van der Waals surface area contributed by atoms with Gasteiger partial charge in [0.15, 0.2) is 0 Å². The predicted molar refractivity (Wildman–Crippen MR) is 66.7 cm³/mol. The van der Waals surface area contributed by atoms with Crippen molar-refractivity contribution in [2.75, 3.05) is 18.8 Å². The van der Waals surface area contributed by atoms with E-state index in [1.807, 2.05) is 12.1 Å². The molecule has 0 saturated heterocycles. The lowest BCUT2D eigenvalue weighted by atomic mass is 10.2. The summed E-state index contributed by atoms with van der Waals surface area (Å²) in [5, 5.41) is 0. The molecule has 0 amide bonds. The molecule has 0 aliphatic heterocycles. The van der Waals surface area contributed by atoms with E-state index in [1.165, 1.54) is 24.9 Å². The van der Waals surface area contributed by atoms with Gasteiger partial charge in [-0.25, -0.2) is 0 Å². The van der Waals surface area contributed by atoms with Gasteiger partial charge in [0.2, 0.25) is 0 Å². The van der Waals surface area contributed by atoms with Gasteiger partial charge < -0.3 is 5.73 Å². The van der Waals surface area contributed by atoms with Crippen LogP contribution in [0.1, 0.15) is 32.3 Å². The van der Waals surface area contributed by atoms with E-state index in [2.05, 4.69) is 30.9 Å². The van der Waals surface area contributed by atoms with E-state index in [4.69, 9.17) is 5.73 Å². The third-order valence-electron chi connectivity index (χ3n) is 2.63. The highest BCUT2D eigenvalue weighted by Gasteiger charge is 2.02. The second-order valence-electron chi connectivity index (χ2n) is 3.97. The van der Waals surface area contributed by atoms with Crippen molar-refractivity contribution in [3.05, 3.63) is 29.8 Å². The highest BCUT2D eigenvalue weighted by Crippen LogP contribution is 2.09. The second-order valence-corrected chi connectivity index (χ2v) is 3.97. The third kappa shape index (κ3) is 4.34. The van der Waals surface area contributed by atoms with Gasteiger partial charge in [-0.3, -0.25) is 4.90 Å². The van der Waals surface area contributed by atoms with Crippen LogP contribution in [0.2, 0.25) is 0 Å². The number of unbranched alkanes of at least 4 members (excludes halogenated alkanes) is 1. The minimum Gasteiger partial charge on any atom is -0.399 e. The van der Waals surface area contributed by atoms with Crippen LogP contribution in [-0.2, 0) is 6.54 Å². The smallest absolute Gasteiger partial charge is 0.0317 e. The molecule has 0 aliphatic carbocycles. The molecule has 0 spiro atoms. The number of nitrogen functional groups attached to an aromatic ring is 1. The number of anilines is 1. The maximum Gasteiger partial charge on any atom is 0.0317 e. The Balaban J connectivity index is 2.50. The first-order chi connectivity index (χ1) is 7.26. The first kappa shape index (κ1) is 12.1. The fraction of sp³-hybridized carbons (Fsp3) is 0.538. The maximum absolute atomic E-state index is 5.76. The molecule has 2 N–H and O–H groups in total. The van der Waals surface area contributed by atoms with Gasteiger partial charge in [-0.15, -0.1) is 0 Å². The quantitative estimate of drug-likeness (QED) is 0.725. The summed E-state index contributed by atoms with van der Waals surface area (Å²) in [6, 6.07) is 8.17. The maximum atomic E-state index is 5.76. The van der Waals surface area contributed by atoms with Gasteiger partial charge in [0.05, 0.1) is 0 Å². The van der Waals surface area contributed by atoms with E-state index in [9.17, 15) is 0 Å². The van der Waals surface area contributed by atoms with Gasteiger partial charge in [0, 0.05) is 12.2 Å². The molecular formula is C13H22N2. The summed E-state index contributed by atoms with van der Waals surface area (Å²) in [7, 11) is 0. The molecule has 0 fully saturated rings. The fourth-order valence-corrected chi connectivity index (χ4v) is 1.68. The lowest BCUT2D eigenvalue weighted by molar-refractivity contribution is 0.275. The molecule has 0 bridgehead atoms. The minimum absolute atomic E-state index is 0.860. The Kier molecular flexibility index (Phi) is 5.19. The van der Waals surface area contributed by atoms with Crippen LogP contribution < -0.4 is 5.73 Å². The molecule has 0 aromatic heterocycles. The summed E-state index contributed by atoms with van der Waals surface area (Å²) in [5.41, 5.74) is 7.93. The molecular weight excluding hydrogens is 184 g/mol. The number of nitrogens with zero attached hydrogens (tertiary/aromatic N) is 1. The fourth-order valence-electron chi connectivity index (χ4n) is 1.68. The minimum atomic E-state index is 0.860. The lowest BCUT2D eigenvalue weighted by Crippen LogP contribution is -2.23. The lowest BCUT2D eigenvalue weighted by Gasteiger charge is -2.20. The molecule has 84 valence electrons. The average Bonchev–Trinajstić information content (AvgIpc) is 2.24. The van der Waals surface area contributed by atoms with Crippen molar-refractivity contribution in [1.82, 2.24) is 4.90 Å². The van der Waals surface area contributed by atoms with E-state index >= 15 is 0 Å². The first-order valence-corrected chi connectivity index (χ1v) is 5.83. The summed E-state index contributed by atoms with van der Waals surface area (Å²) in [6.07, 6.45) is 2.53. The molecule has 1 aromatic carbocycles. The monoisotopic (exact) mass is 206 g/mol. The number of hydrogen-bond acceptors (Lipinski definition) is 2. The van der Waals surface area contributed by atoms with Crippen LogP contribution in [0.3, 0.4) is 0 Å². The molecule has 2 nitrogen and oxygen atoms in total. The van der Waals surface area contributed by atoms with Crippen LogP contribution in [0.15, 0.2) is 24.3 Å². The molecule has 1 rings (SSSR count). The van der Waals surface area contributed by atoms with E-state index in [0.717, 1.165) is 18.8 Å². The SMILES string of the molecule is CCCCN(CC)Cc1cccc(N)c1. The zero-order valence-electron chi connectivity index (χ0n) is 9.87. The number of nitrogens with two attached hydrogens (primary N) is 1. The Hall–Kier alpha value is -1.02. The Morgan fingerprint density at radius 1 is 1.27 bits per heavy atom. The first-order valence-electron chi connectivity index (χ1n) is 5.83. The van der Waals surface area contributed by atoms with Crippen LogP contribution >= 0.6 is 0 Å². The molecule has 0 unspecified atom stereocenters. The van der Waals surface area contributed by atoms with E-state index in [-0.39, 0.29) is 0 Å². The van der Waals surface area contributed by atoms with Crippen molar-refractivity contribution in [2.45, 2.75) is 33.2 Å². The highest BCUT2D eigenvalue weighted by molar-refractivity contribution is 5.40. The predicted octanol–water partition coefficient (Wildman–Crippen LogP) is 2.89. The summed E-state index contributed by atoms with van der Waals surface area (Å²) >= 11 is 0. The topological polar surface area (TPSA) is 29.3 Å². The van der Waals surface area contributed by atoms with Crippen molar-refractivity contribution in [3.8, 4) is 0 Å². The Morgan fingerprint density at radius 3 is 2.67 bits per heavy atom. The van der Waals surface area contributed by atoms with Crippen molar-refractivity contribution in [2.24, 2.45) is 0 Å². The van der Waals surface area contributed by atoms with E-state index < -0.39 is 0 Å². The highest BCUT2D eigenvalue weighted by atomic mass is 15.1. The normalized spacial score (nSPS) is 10.9. The number of rotatable bonds is 6. The van der Waals surface area contributed by atoms with Crippen molar-refractivity contribution >= 4 is 5.69 Å². The van der Waals surface area contributed by atoms with Gasteiger partial charge in [-0.1, -0.05) is 32.4 Å². The third-order valence-corrected chi connectivity index (χ3v) is 2.63. The zero-order chi connectivity index (χ0) is 11.1. The van der Waals surface area contributed by atoms with Gasteiger partial charge in [0.1, 0.15) is 0 Å². The van der Waals surface area contributed by atoms with Gasteiger partial charge in [-0.2, -0.15) is 0 Å². The molecule has 0 atom stereocenters. The summed E-state index contributed by atoms with van der Waals surface area (Å²) in [5.74, 6) is 0. The molecule has 0 radical (unpaired) electrons. The molecule has 0 heterocycles. The van der Waals surface area contributed by atoms with Crippen LogP contribution in [0, 0.1) is 0 Å². The van der Waals surface area contributed by atoms with Crippen LogP contribution in [-0.4, -0.2) is 18.0 Å². The molecule has 1 aromatic rings. The number of hydrogen-bond donors (Lipinski definition) is 1. The standard InChI is InChI=1S/C13H22N2/c1-3-5-9-15(4-2)11-12-7-6-8-13(14)10-12/h6-8,10H,3-5,9,11,14H2,1-2H3. The Morgan fingerprint density at radius 2 is 2.07 bits per heavy atom. The van der Waals surface area contributed by atoms with Gasteiger partial charge >= 0.3 is 0 Å². The largest absolute Gasteiger partial charge is 0.399 e. The van der Waals surface area contributed by atoms with Gasteiger partial charge in [0.25, 0.3) is 0 Å². The Labute approximate surface area is 93.1 Å². The zero-order valence-corrected chi connectivity index (χ0v) is 9.87. The van der Waals surface area contributed by atoms with Gasteiger partial charge in [-0.05, 0) is 37.2 Å². The van der Waals surface area contributed by atoms with Crippen LogP contribution in [0.5, 0.6) is 0 Å². The molecule has 2 heteroatoms.